The molecule has 0 heterocycles. The zero-order valence-corrected chi connectivity index (χ0v) is 13.9. The molecule has 5 heteroatoms. The quantitative estimate of drug-likeness (QED) is 0.532. The lowest BCUT2D eigenvalue weighted by Crippen LogP contribution is -2.23. The van der Waals surface area contributed by atoms with E-state index in [1.807, 2.05) is 30.3 Å². The summed E-state index contributed by atoms with van der Waals surface area (Å²) in [4.78, 5) is 23.6. The predicted octanol–water partition coefficient (Wildman–Crippen LogP) is 4.34. The zero-order valence-electron chi connectivity index (χ0n) is 13.9. The van der Waals surface area contributed by atoms with Gasteiger partial charge >= 0.3 is 6.16 Å². The molecule has 0 aromatic heterocycles. The summed E-state index contributed by atoms with van der Waals surface area (Å²) < 4.78 is 4.85. The monoisotopic (exact) mass is 347 g/mol. The van der Waals surface area contributed by atoms with Gasteiger partial charge in [-0.2, -0.15) is 0 Å². The van der Waals surface area contributed by atoms with Crippen molar-refractivity contribution in [2.75, 3.05) is 0 Å². The number of hydrogen-bond acceptors (Lipinski definition) is 3. The third kappa shape index (κ3) is 4.08. The maximum Gasteiger partial charge on any atom is 0.511 e. The van der Waals surface area contributed by atoms with Crippen LogP contribution in [0.25, 0.3) is 11.1 Å². The minimum absolute atomic E-state index is 0.184. The van der Waals surface area contributed by atoms with Gasteiger partial charge in [0, 0.05) is 17.7 Å². The molecule has 0 saturated heterocycles. The number of rotatable bonds is 5. The Hall–Kier alpha value is -3.60. The summed E-state index contributed by atoms with van der Waals surface area (Å²) in [5, 5.41) is 11.8. The molecule has 0 radical (unpaired) electrons. The van der Waals surface area contributed by atoms with Gasteiger partial charge in [0.2, 0.25) is 0 Å². The van der Waals surface area contributed by atoms with Gasteiger partial charge in [-0.05, 0) is 23.3 Å². The third-order valence-electron chi connectivity index (χ3n) is 3.84. The summed E-state index contributed by atoms with van der Waals surface area (Å²) in [6.45, 7) is 0.404. The molecule has 2 N–H and O–H groups in total. The Labute approximate surface area is 150 Å². The van der Waals surface area contributed by atoms with Gasteiger partial charge in [0.05, 0.1) is 0 Å². The molecule has 0 saturated carbocycles. The second kappa shape index (κ2) is 7.98. The lowest BCUT2D eigenvalue weighted by atomic mass is 9.98. The average molecular weight is 347 g/mol. The first kappa shape index (κ1) is 17.2. The number of nitrogens with one attached hydrogen (secondary N) is 1. The minimum atomic E-state index is -1.40. The Morgan fingerprint density at radius 1 is 0.808 bits per heavy atom. The zero-order chi connectivity index (χ0) is 18.4. The number of carboxylic acid groups (broad SMARTS) is 1. The van der Waals surface area contributed by atoms with Crippen LogP contribution in [0.4, 0.5) is 4.79 Å². The maximum absolute atomic E-state index is 12.7. The Balaban J connectivity index is 1.89. The number of carbonyl (C=O) groups excluding carboxylic acids is 1. The van der Waals surface area contributed by atoms with Gasteiger partial charge in [-0.1, -0.05) is 66.7 Å². The molecule has 0 atom stereocenters. The van der Waals surface area contributed by atoms with E-state index in [0.29, 0.717) is 23.2 Å². The van der Waals surface area contributed by atoms with E-state index in [-0.39, 0.29) is 11.7 Å². The highest BCUT2D eigenvalue weighted by atomic mass is 16.7. The number of benzene rings is 3. The fourth-order valence-electron chi connectivity index (χ4n) is 2.66. The summed E-state index contributed by atoms with van der Waals surface area (Å²) >= 11 is 0. The van der Waals surface area contributed by atoms with E-state index in [0.717, 1.165) is 5.56 Å². The third-order valence-corrected chi connectivity index (χ3v) is 3.84. The first-order valence-electron chi connectivity index (χ1n) is 8.06. The molecule has 3 rings (SSSR count). The molecule has 0 bridgehead atoms. The van der Waals surface area contributed by atoms with Gasteiger partial charge in [-0.25, -0.2) is 4.79 Å². The molecule has 26 heavy (non-hydrogen) atoms. The molecule has 0 unspecified atom stereocenters. The molecule has 0 aliphatic rings. The molecule has 0 aliphatic heterocycles. The van der Waals surface area contributed by atoms with E-state index in [4.69, 9.17) is 9.84 Å². The Kier molecular flexibility index (Phi) is 5.29. The minimum Gasteiger partial charge on any atom is -0.449 e. The van der Waals surface area contributed by atoms with Crippen LogP contribution in [0.5, 0.6) is 5.75 Å². The molecule has 5 nitrogen and oxygen atoms in total. The van der Waals surface area contributed by atoms with Crippen LogP contribution in [-0.4, -0.2) is 17.2 Å². The summed E-state index contributed by atoms with van der Waals surface area (Å²) in [6, 6.07) is 23.4. The highest BCUT2D eigenvalue weighted by molar-refractivity contribution is 6.01. The molecule has 3 aromatic carbocycles. The normalized spacial score (nSPS) is 10.2. The van der Waals surface area contributed by atoms with Crippen LogP contribution in [0.2, 0.25) is 0 Å². The Bertz CT molecular complexity index is 922. The standard InChI is InChI=1S/C21H17NO4/c23-20(22-14-15-8-2-1-3-9-15)18-12-5-4-10-16(18)17-11-6-7-13-19(17)26-21(24)25/h1-13H,14H2,(H,22,23)(H,24,25). The van der Waals surface area contributed by atoms with Gasteiger partial charge in [0.25, 0.3) is 5.91 Å². The number of carbonyl (C=O) groups is 2. The van der Waals surface area contributed by atoms with E-state index in [2.05, 4.69) is 5.32 Å². The average Bonchev–Trinajstić information content (AvgIpc) is 2.67. The van der Waals surface area contributed by atoms with Crippen LogP contribution in [0, 0.1) is 0 Å². The second-order valence-corrected chi connectivity index (χ2v) is 5.58. The van der Waals surface area contributed by atoms with Crippen molar-refractivity contribution < 1.29 is 19.4 Å². The molecular weight excluding hydrogens is 330 g/mol. The van der Waals surface area contributed by atoms with Crippen LogP contribution in [0.1, 0.15) is 15.9 Å². The SMILES string of the molecule is O=C(O)Oc1ccccc1-c1ccccc1C(=O)NCc1ccccc1. The lowest BCUT2D eigenvalue weighted by Gasteiger charge is -2.13. The predicted molar refractivity (Wildman–Crippen MR) is 98.1 cm³/mol. The number of hydrogen-bond donors (Lipinski definition) is 2. The van der Waals surface area contributed by atoms with Crippen molar-refractivity contribution in [2.24, 2.45) is 0 Å². The summed E-state index contributed by atoms with van der Waals surface area (Å²) in [7, 11) is 0. The van der Waals surface area contributed by atoms with Gasteiger partial charge in [0.15, 0.2) is 0 Å². The highest BCUT2D eigenvalue weighted by Gasteiger charge is 2.16. The molecule has 1 amide bonds. The molecule has 0 fully saturated rings. The topological polar surface area (TPSA) is 75.6 Å². The van der Waals surface area contributed by atoms with Crippen LogP contribution in [0.15, 0.2) is 78.9 Å². The van der Waals surface area contributed by atoms with Crippen LogP contribution in [0.3, 0.4) is 0 Å². The maximum atomic E-state index is 12.7. The smallest absolute Gasteiger partial charge is 0.449 e. The molecule has 0 spiro atoms. The van der Waals surface area contributed by atoms with Crippen molar-refractivity contribution in [1.29, 1.82) is 0 Å². The van der Waals surface area contributed by atoms with E-state index in [1.165, 1.54) is 0 Å². The molecule has 3 aromatic rings. The first-order valence-corrected chi connectivity index (χ1v) is 8.06. The van der Waals surface area contributed by atoms with Crippen molar-refractivity contribution in [1.82, 2.24) is 5.32 Å². The van der Waals surface area contributed by atoms with Gasteiger partial charge in [0.1, 0.15) is 5.75 Å². The van der Waals surface area contributed by atoms with Gasteiger partial charge in [-0.3, -0.25) is 4.79 Å². The Morgan fingerprint density at radius 3 is 2.15 bits per heavy atom. The van der Waals surface area contributed by atoms with E-state index in [9.17, 15) is 9.59 Å². The van der Waals surface area contributed by atoms with Gasteiger partial charge < -0.3 is 15.2 Å². The fraction of sp³-hybridized carbons (Fsp3) is 0.0476. The number of para-hydroxylation sites is 1. The van der Waals surface area contributed by atoms with Crippen LogP contribution < -0.4 is 10.1 Å². The molecule has 0 aliphatic carbocycles. The molecular formula is C21H17NO4. The summed E-state index contributed by atoms with van der Waals surface area (Å²) in [6.07, 6.45) is -1.40. The van der Waals surface area contributed by atoms with Crippen molar-refractivity contribution >= 4 is 12.1 Å². The van der Waals surface area contributed by atoms with Crippen molar-refractivity contribution in [3.8, 4) is 16.9 Å². The van der Waals surface area contributed by atoms with Gasteiger partial charge in [-0.15, -0.1) is 0 Å². The van der Waals surface area contributed by atoms with Crippen LogP contribution >= 0.6 is 0 Å². The first-order chi connectivity index (χ1) is 12.6. The lowest BCUT2D eigenvalue weighted by molar-refractivity contribution is 0.0951. The van der Waals surface area contributed by atoms with Crippen LogP contribution in [-0.2, 0) is 6.54 Å². The highest BCUT2D eigenvalue weighted by Crippen LogP contribution is 2.32. The number of ether oxygens (including phenoxy) is 1. The Morgan fingerprint density at radius 2 is 1.42 bits per heavy atom. The summed E-state index contributed by atoms with van der Waals surface area (Å²) in [5.74, 6) is -0.0575. The van der Waals surface area contributed by atoms with E-state index >= 15 is 0 Å². The van der Waals surface area contributed by atoms with Crippen molar-refractivity contribution in [2.45, 2.75) is 6.54 Å². The number of amides is 1. The second-order valence-electron chi connectivity index (χ2n) is 5.58. The molecule has 130 valence electrons. The van der Waals surface area contributed by atoms with E-state index in [1.54, 1.807) is 48.5 Å². The van der Waals surface area contributed by atoms with E-state index < -0.39 is 6.16 Å². The summed E-state index contributed by atoms with van der Waals surface area (Å²) in [5.41, 5.74) is 2.59. The largest absolute Gasteiger partial charge is 0.511 e. The fourth-order valence-corrected chi connectivity index (χ4v) is 2.66. The van der Waals surface area contributed by atoms with Crippen molar-refractivity contribution in [3.63, 3.8) is 0 Å². The van der Waals surface area contributed by atoms with Crippen molar-refractivity contribution in [3.05, 3.63) is 90.0 Å².